The average Bonchev–Trinajstić information content (AvgIpc) is 2.16. The smallest absolute Gasteiger partial charge is 0.265 e. The zero-order valence-electron chi connectivity index (χ0n) is 6.67. The second-order valence-electron chi connectivity index (χ2n) is 2.35. The van der Waals surface area contributed by atoms with Crippen LogP contribution in [0.25, 0.3) is 0 Å². The van der Waals surface area contributed by atoms with Gasteiger partial charge in [0.25, 0.3) is 6.43 Å². The molecule has 0 aliphatic rings. The number of nitrogens with zero attached hydrogens (tertiary/aromatic N) is 2. The van der Waals surface area contributed by atoms with E-state index in [9.17, 15) is 8.78 Å². The molecule has 3 nitrogen and oxygen atoms in total. The maximum Gasteiger partial charge on any atom is 0.265 e. The molecule has 1 rings (SSSR count). The van der Waals surface area contributed by atoms with Crippen LogP contribution in [0.5, 0.6) is 0 Å². The van der Waals surface area contributed by atoms with Crippen molar-refractivity contribution in [3.05, 3.63) is 29.1 Å². The lowest BCUT2D eigenvalue weighted by Gasteiger charge is -2.04. The largest absolute Gasteiger partial charge is 0.325 e. The molecule has 0 aliphatic carbocycles. The summed E-state index contributed by atoms with van der Waals surface area (Å²) in [5.41, 5.74) is 5.18. The van der Waals surface area contributed by atoms with Crippen LogP contribution < -0.4 is 5.73 Å². The third kappa shape index (κ3) is 1.98. The predicted octanol–water partition coefficient (Wildman–Crippen LogP) is 1.35. The first-order valence-electron chi connectivity index (χ1n) is 3.57. The zero-order valence-corrected chi connectivity index (χ0v) is 6.67. The Labute approximate surface area is 73.8 Å². The summed E-state index contributed by atoms with van der Waals surface area (Å²) in [6.07, 6.45) is -2.60. The van der Waals surface area contributed by atoms with Gasteiger partial charge in [-0.25, -0.2) is 13.8 Å². The lowest BCUT2D eigenvalue weighted by Crippen LogP contribution is -2.06. The minimum atomic E-state index is -2.60. The van der Waals surface area contributed by atoms with Crippen LogP contribution in [-0.2, 0) is 6.54 Å². The summed E-state index contributed by atoms with van der Waals surface area (Å²) in [6, 6.07) is 4.19. The minimum Gasteiger partial charge on any atom is -0.325 e. The van der Waals surface area contributed by atoms with E-state index in [-0.39, 0.29) is 23.5 Å². The van der Waals surface area contributed by atoms with Gasteiger partial charge in [0, 0.05) is 12.1 Å². The number of nitriles is 1. The molecular weight excluding hydrogens is 176 g/mol. The number of pyridine rings is 1. The van der Waals surface area contributed by atoms with Crippen molar-refractivity contribution >= 4 is 0 Å². The molecule has 0 amide bonds. The van der Waals surface area contributed by atoms with Crippen LogP contribution in [0.4, 0.5) is 8.78 Å². The topological polar surface area (TPSA) is 62.7 Å². The predicted molar refractivity (Wildman–Crippen MR) is 41.8 cm³/mol. The molecule has 0 radical (unpaired) electrons. The number of nitrogens with two attached hydrogens (primary N) is 1. The molecule has 1 aromatic heterocycles. The number of halogens is 2. The summed E-state index contributed by atoms with van der Waals surface area (Å²) in [6.45, 7) is -0.0881. The highest BCUT2D eigenvalue weighted by molar-refractivity contribution is 5.29. The van der Waals surface area contributed by atoms with Gasteiger partial charge in [-0.1, -0.05) is 0 Å². The van der Waals surface area contributed by atoms with Crippen LogP contribution in [0.3, 0.4) is 0 Å². The molecule has 0 saturated heterocycles. The Morgan fingerprint density at radius 3 is 2.69 bits per heavy atom. The van der Waals surface area contributed by atoms with Crippen molar-refractivity contribution in [2.24, 2.45) is 5.73 Å². The summed E-state index contributed by atoms with van der Waals surface area (Å²) in [4.78, 5) is 3.66. The van der Waals surface area contributed by atoms with Gasteiger partial charge in [-0.05, 0) is 12.1 Å². The average molecular weight is 183 g/mol. The summed E-state index contributed by atoms with van der Waals surface area (Å²) in [5.74, 6) is 0. The molecule has 2 N–H and O–H groups in total. The van der Waals surface area contributed by atoms with Gasteiger partial charge < -0.3 is 5.73 Å². The van der Waals surface area contributed by atoms with Crippen LogP contribution in [0.2, 0.25) is 0 Å². The Bertz CT molecular complexity index is 344. The monoisotopic (exact) mass is 183 g/mol. The molecule has 13 heavy (non-hydrogen) atoms. The highest BCUT2D eigenvalue weighted by atomic mass is 19.3. The first kappa shape index (κ1) is 9.55. The highest BCUT2D eigenvalue weighted by Crippen LogP contribution is 2.21. The van der Waals surface area contributed by atoms with Gasteiger partial charge in [0.1, 0.15) is 11.8 Å². The number of rotatable bonds is 2. The highest BCUT2D eigenvalue weighted by Gasteiger charge is 2.13. The molecule has 0 spiro atoms. The molecule has 0 unspecified atom stereocenters. The van der Waals surface area contributed by atoms with Crippen molar-refractivity contribution in [3.8, 4) is 6.07 Å². The van der Waals surface area contributed by atoms with Gasteiger partial charge in [-0.2, -0.15) is 5.26 Å². The van der Waals surface area contributed by atoms with E-state index in [1.165, 1.54) is 12.1 Å². The molecule has 1 aromatic rings. The van der Waals surface area contributed by atoms with Crippen molar-refractivity contribution in [2.45, 2.75) is 13.0 Å². The summed E-state index contributed by atoms with van der Waals surface area (Å²) in [7, 11) is 0. The molecule has 0 aromatic carbocycles. The Morgan fingerprint density at radius 2 is 2.23 bits per heavy atom. The van der Waals surface area contributed by atoms with Crippen LogP contribution in [-0.4, -0.2) is 4.98 Å². The molecular formula is C8H7F2N3. The van der Waals surface area contributed by atoms with E-state index in [0.717, 1.165) is 0 Å². The normalized spacial score (nSPS) is 10.1. The number of hydrogen-bond acceptors (Lipinski definition) is 3. The van der Waals surface area contributed by atoms with Crippen molar-refractivity contribution in [1.29, 1.82) is 5.26 Å². The maximum atomic E-state index is 12.3. The minimum absolute atomic E-state index is 0.0778. The summed E-state index contributed by atoms with van der Waals surface area (Å²) >= 11 is 0. The van der Waals surface area contributed by atoms with Crippen molar-refractivity contribution in [2.75, 3.05) is 0 Å². The molecule has 0 atom stereocenters. The maximum absolute atomic E-state index is 12.3. The third-order valence-electron chi connectivity index (χ3n) is 1.55. The van der Waals surface area contributed by atoms with Crippen LogP contribution in [0.15, 0.2) is 12.1 Å². The van der Waals surface area contributed by atoms with Gasteiger partial charge in [-0.3, -0.25) is 0 Å². The summed E-state index contributed by atoms with van der Waals surface area (Å²) < 4.78 is 24.5. The Balaban J connectivity index is 3.17. The first-order chi connectivity index (χ1) is 6.19. The van der Waals surface area contributed by atoms with Crippen LogP contribution >= 0.6 is 0 Å². The second-order valence-corrected chi connectivity index (χ2v) is 2.35. The fourth-order valence-corrected chi connectivity index (χ4v) is 0.937. The Kier molecular flexibility index (Phi) is 2.88. The molecule has 0 bridgehead atoms. The van der Waals surface area contributed by atoms with E-state index < -0.39 is 6.43 Å². The fraction of sp³-hybridized carbons (Fsp3) is 0.250. The number of hydrogen-bond donors (Lipinski definition) is 1. The van der Waals surface area contributed by atoms with Crippen molar-refractivity contribution in [1.82, 2.24) is 4.98 Å². The van der Waals surface area contributed by atoms with E-state index >= 15 is 0 Å². The number of alkyl halides is 2. The van der Waals surface area contributed by atoms with E-state index in [4.69, 9.17) is 11.0 Å². The van der Waals surface area contributed by atoms with E-state index in [2.05, 4.69) is 4.98 Å². The second kappa shape index (κ2) is 3.92. The van der Waals surface area contributed by atoms with Crippen molar-refractivity contribution in [3.63, 3.8) is 0 Å². The van der Waals surface area contributed by atoms with Crippen molar-refractivity contribution < 1.29 is 8.78 Å². The van der Waals surface area contributed by atoms with Crippen LogP contribution in [0, 0.1) is 11.3 Å². The van der Waals surface area contributed by atoms with E-state index in [1.807, 2.05) is 0 Å². The van der Waals surface area contributed by atoms with Gasteiger partial charge in [0.2, 0.25) is 0 Å². The Hall–Kier alpha value is -1.54. The molecule has 0 aliphatic heterocycles. The lowest BCUT2D eigenvalue weighted by atomic mass is 10.2. The fourth-order valence-electron chi connectivity index (χ4n) is 0.937. The van der Waals surface area contributed by atoms with Crippen LogP contribution in [0.1, 0.15) is 23.4 Å². The molecule has 68 valence electrons. The molecule has 1 heterocycles. The quantitative estimate of drug-likeness (QED) is 0.752. The molecule has 0 fully saturated rings. The number of aromatic nitrogens is 1. The molecule has 0 saturated carbocycles. The summed E-state index contributed by atoms with van der Waals surface area (Å²) in [5, 5.41) is 8.45. The SMILES string of the molecule is N#Cc1ccc(C(F)F)c(CN)n1. The molecule has 5 heteroatoms. The van der Waals surface area contributed by atoms with E-state index in [1.54, 1.807) is 6.07 Å². The Morgan fingerprint density at radius 1 is 1.54 bits per heavy atom. The van der Waals surface area contributed by atoms with Gasteiger partial charge in [0.15, 0.2) is 0 Å². The van der Waals surface area contributed by atoms with Gasteiger partial charge in [0.05, 0.1) is 5.69 Å². The standard InChI is InChI=1S/C8H7F2N3/c9-8(10)6-2-1-5(3-11)13-7(6)4-12/h1-2,8H,4,12H2. The van der Waals surface area contributed by atoms with E-state index in [0.29, 0.717) is 0 Å². The van der Waals surface area contributed by atoms with Gasteiger partial charge >= 0.3 is 0 Å². The third-order valence-corrected chi connectivity index (χ3v) is 1.55. The van der Waals surface area contributed by atoms with Gasteiger partial charge in [-0.15, -0.1) is 0 Å². The zero-order chi connectivity index (χ0) is 9.84. The lowest BCUT2D eigenvalue weighted by molar-refractivity contribution is 0.149. The first-order valence-corrected chi connectivity index (χ1v) is 3.57.